The Morgan fingerprint density at radius 3 is 2.80 bits per heavy atom. The van der Waals surface area contributed by atoms with E-state index in [-0.39, 0.29) is 17.7 Å². The zero-order valence-corrected chi connectivity index (χ0v) is 13.2. The molecule has 0 spiro atoms. The number of thioether (sulfide) groups is 2. The Morgan fingerprint density at radius 1 is 1.40 bits per heavy atom. The molecule has 0 radical (unpaired) electrons. The molecule has 1 aromatic carbocycles. The number of nitrogens with zero attached hydrogens (tertiary/aromatic N) is 1. The first-order chi connectivity index (χ1) is 9.65. The van der Waals surface area contributed by atoms with Crippen LogP contribution in [-0.4, -0.2) is 47.2 Å². The largest absolute Gasteiger partial charge is 0.354 e. The molecule has 0 aliphatic carbocycles. The van der Waals surface area contributed by atoms with Crippen molar-refractivity contribution in [1.82, 2.24) is 10.2 Å². The van der Waals surface area contributed by atoms with E-state index in [1.54, 1.807) is 16.7 Å². The molecule has 108 valence electrons. The minimum Gasteiger partial charge on any atom is -0.354 e. The third-order valence-electron chi connectivity index (χ3n) is 2.69. The average molecular weight is 331 g/mol. The minimum absolute atomic E-state index is 0.00399. The quantitative estimate of drug-likeness (QED) is 0.643. The van der Waals surface area contributed by atoms with Gasteiger partial charge in [0.25, 0.3) is 5.24 Å². The molecule has 0 saturated carbocycles. The maximum Gasteiger partial charge on any atom is 0.282 e. The number of carbonyl (C=O) groups is 2. The smallest absolute Gasteiger partial charge is 0.282 e. The lowest BCUT2D eigenvalue weighted by atomic mass is 10.4. The molecule has 1 aliphatic heterocycles. The standard InChI is InChI=1S/C13H15ClN2O2S2/c14-10-1-3-11(4-2-10)19-7-5-15-12(17)9-16-6-8-20-13(16)18/h1-4H,5-9H2,(H,15,17). The summed E-state index contributed by atoms with van der Waals surface area (Å²) in [6.45, 7) is 1.41. The number of hydrogen-bond donors (Lipinski definition) is 1. The van der Waals surface area contributed by atoms with E-state index >= 15 is 0 Å². The van der Waals surface area contributed by atoms with Crippen molar-refractivity contribution in [3.05, 3.63) is 29.3 Å². The van der Waals surface area contributed by atoms with Gasteiger partial charge in [0.2, 0.25) is 5.91 Å². The predicted molar refractivity (Wildman–Crippen MR) is 84.6 cm³/mol. The van der Waals surface area contributed by atoms with Crippen LogP contribution in [0.1, 0.15) is 0 Å². The summed E-state index contributed by atoms with van der Waals surface area (Å²) in [6.07, 6.45) is 0. The van der Waals surface area contributed by atoms with Crippen molar-refractivity contribution in [3.63, 3.8) is 0 Å². The lowest BCUT2D eigenvalue weighted by molar-refractivity contribution is -0.121. The first-order valence-corrected chi connectivity index (χ1v) is 8.57. The first kappa shape index (κ1) is 15.5. The molecule has 1 saturated heterocycles. The van der Waals surface area contributed by atoms with Crippen LogP contribution in [0.5, 0.6) is 0 Å². The molecule has 0 atom stereocenters. The molecular formula is C13H15ClN2O2S2. The highest BCUT2D eigenvalue weighted by atomic mass is 35.5. The summed E-state index contributed by atoms with van der Waals surface area (Å²) in [5, 5.41) is 3.54. The number of nitrogens with one attached hydrogen (secondary N) is 1. The molecule has 1 fully saturated rings. The Balaban J connectivity index is 1.62. The zero-order chi connectivity index (χ0) is 14.4. The van der Waals surface area contributed by atoms with Gasteiger partial charge in [0.05, 0.1) is 0 Å². The highest BCUT2D eigenvalue weighted by Gasteiger charge is 2.22. The lowest BCUT2D eigenvalue weighted by Gasteiger charge is -2.13. The van der Waals surface area contributed by atoms with Crippen LogP contribution >= 0.6 is 35.1 Å². The van der Waals surface area contributed by atoms with E-state index in [1.165, 1.54) is 11.8 Å². The molecule has 0 unspecified atom stereocenters. The third kappa shape index (κ3) is 4.92. The number of benzene rings is 1. The summed E-state index contributed by atoms with van der Waals surface area (Å²) in [5.41, 5.74) is 0. The van der Waals surface area contributed by atoms with Crippen molar-refractivity contribution in [2.45, 2.75) is 4.90 Å². The first-order valence-electron chi connectivity index (χ1n) is 6.22. The predicted octanol–water partition coefficient (Wildman–Crippen LogP) is 2.72. The minimum atomic E-state index is -0.0995. The Morgan fingerprint density at radius 2 is 2.15 bits per heavy atom. The van der Waals surface area contributed by atoms with Gasteiger partial charge in [-0.1, -0.05) is 23.4 Å². The maximum absolute atomic E-state index is 11.7. The van der Waals surface area contributed by atoms with Crippen molar-refractivity contribution < 1.29 is 9.59 Å². The molecule has 1 N–H and O–H groups in total. The van der Waals surface area contributed by atoms with Crippen molar-refractivity contribution in [1.29, 1.82) is 0 Å². The van der Waals surface area contributed by atoms with Crippen LogP contribution in [0.2, 0.25) is 5.02 Å². The SMILES string of the molecule is O=C(CN1CCSC1=O)NCCSc1ccc(Cl)cc1. The fourth-order valence-corrected chi connectivity index (χ4v) is 3.41. The van der Waals surface area contributed by atoms with Crippen molar-refractivity contribution in [2.24, 2.45) is 0 Å². The van der Waals surface area contributed by atoms with Crippen LogP contribution in [-0.2, 0) is 4.79 Å². The number of rotatable bonds is 6. The molecule has 1 aliphatic rings. The molecule has 2 rings (SSSR count). The van der Waals surface area contributed by atoms with E-state index in [9.17, 15) is 9.59 Å². The van der Waals surface area contributed by atoms with Gasteiger partial charge in [0.1, 0.15) is 6.54 Å². The summed E-state index contributed by atoms with van der Waals surface area (Å²) in [4.78, 5) is 25.7. The van der Waals surface area contributed by atoms with Crippen molar-refractivity contribution in [3.8, 4) is 0 Å². The van der Waals surface area contributed by atoms with Gasteiger partial charge in [0.15, 0.2) is 0 Å². The molecule has 2 amide bonds. The van der Waals surface area contributed by atoms with E-state index in [0.717, 1.165) is 21.4 Å². The van der Waals surface area contributed by atoms with E-state index in [1.807, 2.05) is 24.3 Å². The molecule has 1 aromatic rings. The fourth-order valence-electron chi connectivity index (χ4n) is 1.69. The Hall–Kier alpha value is -0.850. The Bertz CT molecular complexity index is 482. The Labute approximate surface area is 131 Å². The highest BCUT2D eigenvalue weighted by molar-refractivity contribution is 8.13. The Kier molecular flexibility index (Phi) is 6.06. The van der Waals surface area contributed by atoms with Crippen LogP contribution in [0, 0.1) is 0 Å². The van der Waals surface area contributed by atoms with Gasteiger partial charge >= 0.3 is 0 Å². The van der Waals surface area contributed by atoms with Crippen molar-refractivity contribution in [2.75, 3.05) is 31.1 Å². The lowest BCUT2D eigenvalue weighted by Crippen LogP contribution is -2.38. The summed E-state index contributed by atoms with van der Waals surface area (Å²) in [6, 6.07) is 7.60. The van der Waals surface area contributed by atoms with Crippen LogP contribution < -0.4 is 5.32 Å². The number of hydrogen-bond acceptors (Lipinski definition) is 4. The molecule has 20 heavy (non-hydrogen) atoms. The summed E-state index contributed by atoms with van der Waals surface area (Å²) in [7, 11) is 0. The van der Waals surface area contributed by atoms with Gasteiger partial charge < -0.3 is 10.2 Å². The van der Waals surface area contributed by atoms with Crippen LogP contribution in [0.25, 0.3) is 0 Å². The van der Waals surface area contributed by atoms with Gasteiger partial charge in [-0.15, -0.1) is 11.8 Å². The highest BCUT2D eigenvalue weighted by Crippen LogP contribution is 2.19. The molecule has 0 aromatic heterocycles. The van der Waals surface area contributed by atoms with Gasteiger partial charge in [-0.05, 0) is 24.3 Å². The van der Waals surface area contributed by atoms with Gasteiger partial charge in [-0.25, -0.2) is 0 Å². The van der Waals surface area contributed by atoms with Crippen LogP contribution in [0.4, 0.5) is 4.79 Å². The van der Waals surface area contributed by atoms with Crippen molar-refractivity contribution >= 4 is 46.3 Å². The summed E-state index contributed by atoms with van der Waals surface area (Å²) in [5.74, 6) is 1.46. The van der Waals surface area contributed by atoms with Gasteiger partial charge in [0, 0.05) is 34.5 Å². The summed E-state index contributed by atoms with van der Waals surface area (Å²) < 4.78 is 0. The second-order valence-electron chi connectivity index (χ2n) is 4.19. The van der Waals surface area contributed by atoms with E-state index in [0.29, 0.717) is 13.1 Å². The number of halogens is 1. The second-order valence-corrected chi connectivity index (χ2v) is 6.84. The van der Waals surface area contributed by atoms with E-state index in [2.05, 4.69) is 5.32 Å². The molecule has 1 heterocycles. The molecule has 7 heteroatoms. The normalized spacial score (nSPS) is 14.7. The molecule has 4 nitrogen and oxygen atoms in total. The van der Waals surface area contributed by atoms with E-state index < -0.39 is 0 Å². The van der Waals surface area contributed by atoms with Gasteiger partial charge in [-0.3, -0.25) is 9.59 Å². The number of amides is 2. The van der Waals surface area contributed by atoms with Crippen LogP contribution in [0.15, 0.2) is 29.2 Å². The monoisotopic (exact) mass is 330 g/mol. The maximum atomic E-state index is 11.7. The van der Waals surface area contributed by atoms with Crippen LogP contribution in [0.3, 0.4) is 0 Å². The second kappa shape index (κ2) is 7.81. The topological polar surface area (TPSA) is 49.4 Å². The number of carbonyl (C=O) groups excluding carboxylic acids is 2. The summed E-state index contributed by atoms with van der Waals surface area (Å²) >= 11 is 8.73. The third-order valence-corrected chi connectivity index (χ3v) is 4.84. The van der Waals surface area contributed by atoms with Gasteiger partial charge in [-0.2, -0.15) is 0 Å². The molecular weight excluding hydrogens is 316 g/mol. The fraction of sp³-hybridized carbons (Fsp3) is 0.385. The molecule has 0 bridgehead atoms. The van der Waals surface area contributed by atoms with E-state index in [4.69, 9.17) is 11.6 Å². The average Bonchev–Trinajstić information content (AvgIpc) is 2.82. The zero-order valence-electron chi connectivity index (χ0n) is 10.8.